The predicted octanol–water partition coefficient (Wildman–Crippen LogP) is 2.16. The normalized spacial score (nSPS) is 16.4. The molecule has 28 heavy (non-hydrogen) atoms. The van der Waals surface area contributed by atoms with E-state index in [1.165, 1.54) is 4.88 Å². The molecule has 3 heterocycles. The predicted molar refractivity (Wildman–Crippen MR) is 126 cm³/mol. The van der Waals surface area contributed by atoms with Gasteiger partial charge in [-0.25, -0.2) is 9.98 Å². The monoisotopic (exact) mass is 514 g/mol. The molecule has 7 nitrogen and oxygen atoms in total. The molecule has 2 aromatic rings. The lowest BCUT2D eigenvalue weighted by Crippen LogP contribution is -2.45. The first-order valence-corrected chi connectivity index (χ1v) is 9.93. The minimum absolute atomic E-state index is 0. The Morgan fingerprint density at radius 3 is 2.89 bits per heavy atom. The molecule has 1 aliphatic rings. The van der Waals surface area contributed by atoms with Crippen LogP contribution in [0.15, 0.2) is 46.9 Å². The number of carbonyl (C=O) groups is 1. The summed E-state index contributed by atoms with van der Waals surface area (Å²) in [5, 5.41) is 8.87. The van der Waals surface area contributed by atoms with E-state index in [1.807, 2.05) is 30.5 Å². The Hall–Kier alpha value is -1.88. The molecule has 0 aliphatic carbocycles. The van der Waals surface area contributed by atoms with Gasteiger partial charge in [-0.2, -0.15) is 0 Å². The molecule has 9 heteroatoms. The summed E-state index contributed by atoms with van der Waals surface area (Å²) < 4.78 is 0. The van der Waals surface area contributed by atoms with Crippen molar-refractivity contribution >= 4 is 53.0 Å². The highest BCUT2D eigenvalue weighted by molar-refractivity contribution is 14.0. The molecule has 0 radical (unpaired) electrons. The van der Waals surface area contributed by atoms with Gasteiger partial charge >= 0.3 is 0 Å². The van der Waals surface area contributed by atoms with E-state index in [0.717, 1.165) is 25.3 Å². The Kier molecular flexibility index (Phi) is 8.97. The SMILES string of the molecule is CN(C)C(=O)CN=C(NCc1cccs1)NC1CCN(c2ccccn2)C1.I. The van der Waals surface area contributed by atoms with Crippen LogP contribution < -0.4 is 15.5 Å². The number of anilines is 1. The number of halogens is 1. The van der Waals surface area contributed by atoms with Crippen LogP contribution in [-0.2, 0) is 11.3 Å². The van der Waals surface area contributed by atoms with Crippen LogP contribution in [-0.4, -0.2) is 61.5 Å². The summed E-state index contributed by atoms with van der Waals surface area (Å²) >= 11 is 1.70. The van der Waals surface area contributed by atoms with Gasteiger partial charge in [0.05, 0.1) is 6.54 Å². The third kappa shape index (κ3) is 6.62. The van der Waals surface area contributed by atoms with Gasteiger partial charge < -0.3 is 20.4 Å². The van der Waals surface area contributed by atoms with E-state index in [2.05, 4.69) is 37.0 Å². The maximum absolute atomic E-state index is 11.9. The van der Waals surface area contributed by atoms with Crippen molar-refractivity contribution < 1.29 is 4.79 Å². The van der Waals surface area contributed by atoms with Gasteiger partial charge in [0.25, 0.3) is 0 Å². The Morgan fingerprint density at radius 1 is 1.36 bits per heavy atom. The summed E-state index contributed by atoms with van der Waals surface area (Å²) in [4.78, 5) is 25.9. The smallest absolute Gasteiger partial charge is 0.243 e. The highest BCUT2D eigenvalue weighted by Crippen LogP contribution is 2.17. The second-order valence-electron chi connectivity index (χ2n) is 6.65. The molecular formula is C19H27IN6OS. The van der Waals surface area contributed by atoms with E-state index >= 15 is 0 Å². The van der Waals surface area contributed by atoms with Gasteiger partial charge in [-0.1, -0.05) is 12.1 Å². The van der Waals surface area contributed by atoms with Crippen LogP contribution in [0.1, 0.15) is 11.3 Å². The van der Waals surface area contributed by atoms with Gasteiger partial charge in [0.2, 0.25) is 5.91 Å². The first-order valence-electron chi connectivity index (χ1n) is 9.05. The van der Waals surface area contributed by atoms with Gasteiger partial charge in [0, 0.05) is 44.3 Å². The molecule has 0 spiro atoms. The lowest BCUT2D eigenvalue weighted by molar-refractivity contribution is -0.127. The van der Waals surface area contributed by atoms with Crippen molar-refractivity contribution in [2.24, 2.45) is 4.99 Å². The quantitative estimate of drug-likeness (QED) is 0.351. The molecule has 1 amide bonds. The van der Waals surface area contributed by atoms with Crippen molar-refractivity contribution in [1.29, 1.82) is 0 Å². The number of aliphatic imine (C=N–C) groups is 1. The Balaban J connectivity index is 0.00000280. The van der Waals surface area contributed by atoms with Crippen molar-refractivity contribution in [2.45, 2.75) is 19.0 Å². The topological polar surface area (TPSA) is 72.9 Å². The van der Waals surface area contributed by atoms with E-state index in [4.69, 9.17) is 0 Å². The number of thiophene rings is 1. The van der Waals surface area contributed by atoms with Gasteiger partial charge in [0.15, 0.2) is 5.96 Å². The summed E-state index contributed by atoms with van der Waals surface area (Å²) in [5.74, 6) is 1.65. The number of guanidine groups is 1. The van der Waals surface area contributed by atoms with Crippen molar-refractivity contribution in [1.82, 2.24) is 20.5 Å². The number of hydrogen-bond acceptors (Lipinski definition) is 5. The third-order valence-corrected chi connectivity index (χ3v) is 5.26. The zero-order chi connectivity index (χ0) is 19.1. The number of pyridine rings is 1. The molecule has 0 aromatic carbocycles. The summed E-state index contributed by atoms with van der Waals surface area (Å²) in [6.07, 6.45) is 2.82. The summed E-state index contributed by atoms with van der Waals surface area (Å²) in [7, 11) is 3.48. The number of hydrogen-bond donors (Lipinski definition) is 2. The largest absolute Gasteiger partial charge is 0.354 e. The number of aromatic nitrogens is 1. The van der Waals surface area contributed by atoms with Crippen molar-refractivity contribution in [2.75, 3.05) is 38.6 Å². The fraction of sp³-hybridized carbons (Fsp3) is 0.421. The van der Waals surface area contributed by atoms with Crippen LogP contribution in [0.5, 0.6) is 0 Å². The number of nitrogens with zero attached hydrogens (tertiary/aromatic N) is 4. The fourth-order valence-corrected chi connectivity index (χ4v) is 3.49. The molecule has 3 rings (SSSR count). The summed E-state index contributed by atoms with van der Waals surface area (Å²) in [6, 6.07) is 10.3. The van der Waals surface area contributed by atoms with Crippen LogP contribution in [0.2, 0.25) is 0 Å². The van der Waals surface area contributed by atoms with E-state index in [1.54, 1.807) is 30.3 Å². The van der Waals surface area contributed by atoms with E-state index in [-0.39, 0.29) is 42.5 Å². The van der Waals surface area contributed by atoms with Crippen LogP contribution in [0.25, 0.3) is 0 Å². The average Bonchev–Trinajstić information content (AvgIpc) is 3.36. The maximum Gasteiger partial charge on any atom is 0.243 e. The Morgan fingerprint density at radius 2 is 2.21 bits per heavy atom. The fourth-order valence-electron chi connectivity index (χ4n) is 2.85. The van der Waals surface area contributed by atoms with E-state index in [9.17, 15) is 4.79 Å². The zero-order valence-electron chi connectivity index (χ0n) is 16.2. The molecule has 1 saturated heterocycles. The number of nitrogens with one attached hydrogen (secondary N) is 2. The Bertz CT molecular complexity index is 753. The molecule has 1 atom stereocenters. The molecule has 0 bridgehead atoms. The first-order chi connectivity index (χ1) is 13.1. The average molecular weight is 514 g/mol. The number of amides is 1. The van der Waals surface area contributed by atoms with Gasteiger partial charge in [-0.05, 0) is 30.0 Å². The molecule has 2 aromatic heterocycles. The van der Waals surface area contributed by atoms with Gasteiger partial charge in [-0.15, -0.1) is 35.3 Å². The number of carbonyl (C=O) groups excluding carboxylic acids is 1. The molecule has 1 fully saturated rings. The third-order valence-electron chi connectivity index (χ3n) is 4.38. The van der Waals surface area contributed by atoms with E-state index in [0.29, 0.717) is 12.5 Å². The molecule has 2 N–H and O–H groups in total. The summed E-state index contributed by atoms with van der Waals surface area (Å²) in [6.45, 7) is 2.63. The standard InChI is InChI=1S/C19H26N6OS.HI/c1-24(2)18(26)13-22-19(21-12-16-6-5-11-27-16)23-15-8-10-25(14-15)17-7-3-4-9-20-17;/h3-7,9,11,15H,8,10,12-14H2,1-2H3,(H2,21,22,23);1H. The van der Waals surface area contributed by atoms with Crippen LogP contribution in [0.3, 0.4) is 0 Å². The van der Waals surface area contributed by atoms with Crippen LogP contribution >= 0.6 is 35.3 Å². The van der Waals surface area contributed by atoms with Crippen molar-refractivity contribution in [3.63, 3.8) is 0 Å². The highest BCUT2D eigenvalue weighted by Gasteiger charge is 2.24. The molecule has 1 unspecified atom stereocenters. The molecule has 1 aliphatic heterocycles. The first kappa shape index (κ1) is 22.4. The van der Waals surface area contributed by atoms with Gasteiger partial charge in [-0.3, -0.25) is 4.79 Å². The summed E-state index contributed by atoms with van der Waals surface area (Å²) in [5.41, 5.74) is 0. The zero-order valence-corrected chi connectivity index (χ0v) is 19.3. The van der Waals surface area contributed by atoms with Crippen LogP contribution in [0.4, 0.5) is 5.82 Å². The molecule has 0 saturated carbocycles. The second-order valence-corrected chi connectivity index (χ2v) is 7.68. The van der Waals surface area contributed by atoms with E-state index < -0.39 is 0 Å². The lowest BCUT2D eigenvalue weighted by Gasteiger charge is -2.20. The maximum atomic E-state index is 11.9. The lowest BCUT2D eigenvalue weighted by atomic mass is 10.3. The highest BCUT2D eigenvalue weighted by atomic mass is 127. The van der Waals surface area contributed by atoms with Crippen LogP contribution in [0, 0.1) is 0 Å². The van der Waals surface area contributed by atoms with Crippen molar-refractivity contribution in [3.05, 3.63) is 46.8 Å². The second kappa shape index (κ2) is 11.2. The minimum Gasteiger partial charge on any atom is -0.354 e. The molecular weight excluding hydrogens is 487 g/mol. The number of likely N-dealkylation sites (N-methyl/N-ethyl adjacent to an activating group) is 1. The number of rotatable bonds is 6. The van der Waals surface area contributed by atoms with Crippen molar-refractivity contribution in [3.8, 4) is 0 Å². The molecule has 152 valence electrons. The Labute approximate surface area is 187 Å². The van der Waals surface area contributed by atoms with Gasteiger partial charge in [0.1, 0.15) is 12.4 Å². The minimum atomic E-state index is -0.0197.